The van der Waals surface area contributed by atoms with E-state index in [9.17, 15) is 4.79 Å². The Labute approximate surface area is 118 Å². The van der Waals surface area contributed by atoms with Crippen LogP contribution in [-0.2, 0) is 0 Å². The monoisotopic (exact) mass is 270 g/mol. The van der Waals surface area contributed by atoms with Crippen LogP contribution in [0.5, 0.6) is 0 Å². The van der Waals surface area contributed by atoms with Crippen LogP contribution in [0.4, 0.5) is 0 Å². The Kier molecular flexibility index (Phi) is 4.18. The normalized spacial score (nSPS) is 10.9. The number of hydrogen-bond acceptors (Lipinski definition) is 1. The molecule has 0 unspecified atom stereocenters. The minimum absolute atomic E-state index is 0.00767. The lowest BCUT2D eigenvalue weighted by Crippen LogP contribution is -1.96. The fourth-order valence-corrected chi connectivity index (χ4v) is 2.03. The molecule has 0 aromatic heterocycles. The second kappa shape index (κ2) is 5.85. The molecular formula is C17H15ClO. The van der Waals surface area contributed by atoms with Crippen molar-refractivity contribution in [3.63, 3.8) is 0 Å². The molecule has 2 rings (SSSR count). The minimum Gasteiger partial charge on any atom is -0.289 e. The van der Waals surface area contributed by atoms with Gasteiger partial charge in [-0.1, -0.05) is 48.0 Å². The highest BCUT2D eigenvalue weighted by atomic mass is 35.5. The molecule has 0 atom stereocenters. The number of benzene rings is 2. The lowest BCUT2D eigenvalue weighted by Gasteiger charge is -2.05. The maximum absolute atomic E-state index is 12.1. The van der Waals surface area contributed by atoms with Gasteiger partial charge in [0, 0.05) is 10.6 Å². The second-order valence-corrected chi connectivity index (χ2v) is 4.91. The largest absolute Gasteiger partial charge is 0.289 e. The van der Waals surface area contributed by atoms with Crippen LogP contribution < -0.4 is 0 Å². The summed E-state index contributed by atoms with van der Waals surface area (Å²) in [4.78, 5) is 12.1. The lowest BCUT2D eigenvalue weighted by atomic mass is 10.0. The molecule has 2 heteroatoms. The van der Waals surface area contributed by atoms with E-state index in [-0.39, 0.29) is 5.78 Å². The molecule has 2 aromatic rings. The Morgan fingerprint density at radius 3 is 2.21 bits per heavy atom. The third-order valence-electron chi connectivity index (χ3n) is 2.95. The van der Waals surface area contributed by atoms with E-state index in [0.717, 1.165) is 21.7 Å². The van der Waals surface area contributed by atoms with Gasteiger partial charge in [-0.25, -0.2) is 0 Å². The Morgan fingerprint density at radius 2 is 1.63 bits per heavy atom. The fraction of sp³-hybridized carbons (Fsp3) is 0.118. The first kappa shape index (κ1) is 13.6. The molecule has 96 valence electrons. The fourth-order valence-electron chi connectivity index (χ4n) is 1.92. The number of rotatable bonds is 3. The van der Waals surface area contributed by atoms with Crippen LogP contribution >= 0.6 is 11.6 Å². The van der Waals surface area contributed by atoms with Gasteiger partial charge in [-0.2, -0.15) is 0 Å². The van der Waals surface area contributed by atoms with Gasteiger partial charge in [0.15, 0.2) is 5.78 Å². The zero-order chi connectivity index (χ0) is 13.8. The number of hydrogen-bond donors (Lipinski definition) is 0. The predicted molar refractivity (Wildman–Crippen MR) is 80.7 cm³/mol. The van der Waals surface area contributed by atoms with E-state index >= 15 is 0 Å². The molecule has 0 saturated carbocycles. The molecule has 0 fully saturated rings. The summed E-state index contributed by atoms with van der Waals surface area (Å²) in [6, 6.07) is 13.4. The molecule has 2 aromatic carbocycles. The van der Waals surface area contributed by atoms with Crippen molar-refractivity contribution in [1.82, 2.24) is 0 Å². The van der Waals surface area contributed by atoms with Crippen LogP contribution in [0.2, 0.25) is 5.02 Å². The summed E-state index contributed by atoms with van der Waals surface area (Å²) in [6.45, 7) is 3.82. The van der Waals surface area contributed by atoms with Crippen molar-refractivity contribution in [2.24, 2.45) is 0 Å². The molecule has 0 radical (unpaired) electrons. The zero-order valence-electron chi connectivity index (χ0n) is 11.0. The topological polar surface area (TPSA) is 17.1 Å². The molecule has 0 aliphatic carbocycles. The van der Waals surface area contributed by atoms with Gasteiger partial charge in [0.1, 0.15) is 0 Å². The van der Waals surface area contributed by atoms with Crippen molar-refractivity contribution >= 4 is 23.5 Å². The number of allylic oxidation sites excluding steroid dienone is 1. The molecule has 0 heterocycles. The van der Waals surface area contributed by atoms with Crippen LogP contribution in [-0.4, -0.2) is 5.78 Å². The molecule has 0 amide bonds. The highest BCUT2D eigenvalue weighted by Gasteiger charge is 2.07. The first-order chi connectivity index (χ1) is 9.08. The van der Waals surface area contributed by atoms with Gasteiger partial charge in [-0.15, -0.1) is 0 Å². The van der Waals surface area contributed by atoms with E-state index in [1.807, 2.05) is 62.4 Å². The maximum atomic E-state index is 12.1. The number of carbonyl (C=O) groups is 1. The summed E-state index contributed by atoms with van der Waals surface area (Å²) < 4.78 is 0. The van der Waals surface area contributed by atoms with Crippen molar-refractivity contribution < 1.29 is 4.79 Å². The van der Waals surface area contributed by atoms with Crippen molar-refractivity contribution in [2.75, 3.05) is 0 Å². The molecule has 19 heavy (non-hydrogen) atoms. The van der Waals surface area contributed by atoms with E-state index in [2.05, 4.69) is 0 Å². The molecule has 0 N–H and O–H groups in total. The van der Waals surface area contributed by atoms with Crippen molar-refractivity contribution in [3.8, 4) is 0 Å². The molecule has 1 nitrogen and oxygen atoms in total. The van der Waals surface area contributed by atoms with Crippen LogP contribution in [0, 0.1) is 13.8 Å². The Morgan fingerprint density at radius 1 is 1.05 bits per heavy atom. The quantitative estimate of drug-likeness (QED) is 0.575. The predicted octanol–water partition coefficient (Wildman–Crippen LogP) is 4.85. The summed E-state index contributed by atoms with van der Waals surface area (Å²) in [7, 11) is 0. The molecular weight excluding hydrogens is 256 g/mol. The average molecular weight is 271 g/mol. The van der Waals surface area contributed by atoms with E-state index in [1.54, 1.807) is 6.08 Å². The van der Waals surface area contributed by atoms with Crippen LogP contribution in [0.15, 0.2) is 48.5 Å². The third-order valence-corrected chi connectivity index (χ3v) is 3.54. The smallest absolute Gasteiger partial charge is 0.185 e. The summed E-state index contributed by atoms with van der Waals surface area (Å²) >= 11 is 6.10. The van der Waals surface area contributed by atoms with Gasteiger partial charge in [-0.3, -0.25) is 4.79 Å². The standard InChI is InChI=1S/C17H15ClO/c1-12-10-15(11-13(2)17(12)18)16(19)9-8-14-6-4-3-5-7-14/h3-11H,1-2H3/b9-8+. The van der Waals surface area contributed by atoms with E-state index in [0.29, 0.717) is 5.56 Å². The van der Waals surface area contributed by atoms with Crippen LogP contribution in [0.1, 0.15) is 27.0 Å². The second-order valence-electron chi connectivity index (χ2n) is 4.53. The van der Waals surface area contributed by atoms with Gasteiger partial charge in [0.25, 0.3) is 0 Å². The van der Waals surface area contributed by atoms with E-state index in [4.69, 9.17) is 11.6 Å². The van der Waals surface area contributed by atoms with Crippen molar-refractivity contribution in [2.45, 2.75) is 13.8 Å². The molecule has 0 bridgehead atoms. The Hall–Kier alpha value is -1.86. The Balaban J connectivity index is 2.24. The highest BCUT2D eigenvalue weighted by molar-refractivity contribution is 6.32. The summed E-state index contributed by atoms with van der Waals surface area (Å²) in [5.74, 6) is -0.00767. The van der Waals surface area contributed by atoms with E-state index in [1.165, 1.54) is 0 Å². The van der Waals surface area contributed by atoms with Crippen LogP contribution in [0.25, 0.3) is 6.08 Å². The number of aryl methyl sites for hydroxylation is 2. The summed E-state index contributed by atoms with van der Waals surface area (Å²) in [6.07, 6.45) is 3.42. The first-order valence-corrected chi connectivity index (χ1v) is 6.50. The number of carbonyl (C=O) groups excluding carboxylic acids is 1. The first-order valence-electron chi connectivity index (χ1n) is 6.12. The van der Waals surface area contributed by atoms with Crippen molar-refractivity contribution in [1.29, 1.82) is 0 Å². The lowest BCUT2D eigenvalue weighted by molar-refractivity contribution is 0.104. The summed E-state index contributed by atoms with van der Waals surface area (Å²) in [5, 5.41) is 0.726. The Bertz CT molecular complexity index is 604. The molecule has 0 aliphatic rings. The molecule has 0 aliphatic heterocycles. The zero-order valence-corrected chi connectivity index (χ0v) is 11.7. The third kappa shape index (κ3) is 3.33. The van der Waals surface area contributed by atoms with Gasteiger partial charge in [-0.05, 0) is 48.7 Å². The maximum Gasteiger partial charge on any atom is 0.185 e. The van der Waals surface area contributed by atoms with Gasteiger partial charge in [0.05, 0.1) is 0 Å². The molecule has 0 spiro atoms. The minimum atomic E-state index is -0.00767. The van der Waals surface area contributed by atoms with Crippen LogP contribution in [0.3, 0.4) is 0 Å². The van der Waals surface area contributed by atoms with Gasteiger partial charge >= 0.3 is 0 Å². The average Bonchev–Trinajstić information content (AvgIpc) is 2.42. The van der Waals surface area contributed by atoms with E-state index < -0.39 is 0 Å². The highest BCUT2D eigenvalue weighted by Crippen LogP contribution is 2.22. The van der Waals surface area contributed by atoms with Gasteiger partial charge in [0.2, 0.25) is 0 Å². The van der Waals surface area contributed by atoms with Gasteiger partial charge < -0.3 is 0 Å². The SMILES string of the molecule is Cc1cc(C(=O)/C=C/c2ccccc2)cc(C)c1Cl. The van der Waals surface area contributed by atoms with Crippen molar-refractivity contribution in [3.05, 3.63) is 75.8 Å². The number of ketones is 1. The molecule has 0 saturated heterocycles. The number of halogens is 1. The summed E-state index contributed by atoms with van der Waals surface area (Å²) in [5.41, 5.74) is 3.54.